The van der Waals surface area contributed by atoms with E-state index in [-0.39, 0.29) is 0 Å². The molecule has 0 unspecified atom stereocenters. The maximum absolute atomic E-state index is 10.1. The summed E-state index contributed by atoms with van der Waals surface area (Å²) >= 11 is 0. The lowest BCUT2D eigenvalue weighted by Crippen LogP contribution is -2.41. The van der Waals surface area contributed by atoms with Gasteiger partial charge in [-0.1, -0.05) is 0 Å². The summed E-state index contributed by atoms with van der Waals surface area (Å²) in [5.41, 5.74) is 0. The highest BCUT2D eigenvalue weighted by Crippen LogP contribution is 2.73. The van der Waals surface area contributed by atoms with Crippen LogP contribution in [0, 0.1) is 0 Å². The van der Waals surface area contributed by atoms with Gasteiger partial charge in [0.2, 0.25) is 0 Å². The van der Waals surface area contributed by atoms with E-state index >= 15 is 0 Å². The van der Waals surface area contributed by atoms with E-state index in [4.69, 9.17) is 0 Å². The lowest BCUT2D eigenvalue weighted by atomic mass is 11.3. The highest BCUT2D eigenvalue weighted by Gasteiger charge is 2.61. The number of rotatable bonds is 0. The van der Waals surface area contributed by atoms with E-state index in [1.807, 2.05) is 0 Å². The van der Waals surface area contributed by atoms with Crippen molar-refractivity contribution < 1.29 is 18.1 Å². The fraction of sp³-hybridized carbons (Fsp3) is 1.00. The van der Waals surface area contributed by atoms with Crippen molar-refractivity contribution in [1.29, 1.82) is 0 Å². The molecule has 6 heavy (non-hydrogen) atoms. The van der Waals surface area contributed by atoms with Crippen LogP contribution in [0.1, 0.15) is 0 Å². The number of phosphoric ester groups is 1. The van der Waals surface area contributed by atoms with Gasteiger partial charge in [-0.3, -0.25) is 0 Å². The zero-order chi connectivity index (χ0) is 4.20. The molecule has 2 bridgehead atoms. The molecular formula is CHO4P. The standard InChI is InChI=1S/CHO4P/c2-6-3-1(4-6)5-6/h1H. The highest BCUT2D eigenvalue weighted by atomic mass is 31.2. The van der Waals surface area contributed by atoms with Crippen LogP contribution in [0.2, 0.25) is 0 Å². The minimum Gasteiger partial charge on any atom is -0.229 e. The van der Waals surface area contributed by atoms with Gasteiger partial charge in [-0.2, -0.15) is 0 Å². The molecule has 0 radical (unpaired) electrons. The van der Waals surface area contributed by atoms with Crippen molar-refractivity contribution in [3.63, 3.8) is 0 Å². The summed E-state index contributed by atoms with van der Waals surface area (Å²) in [6.07, 6.45) is 0. The molecule has 3 aliphatic rings. The van der Waals surface area contributed by atoms with Gasteiger partial charge in [0.25, 0.3) is 6.48 Å². The lowest BCUT2D eigenvalue weighted by molar-refractivity contribution is -0.334. The topological polar surface area (TPSA) is 44.8 Å². The molecule has 3 saturated heterocycles. The van der Waals surface area contributed by atoms with Gasteiger partial charge in [0.15, 0.2) is 0 Å². The van der Waals surface area contributed by atoms with Crippen molar-refractivity contribution in [3.05, 3.63) is 0 Å². The lowest BCUT2D eigenvalue weighted by Gasteiger charge is -2.44. The second kappa shape index (κ2) is 0.589. The average Bonchev–Trinajstić information content (AvgIpc) is 1.24. The van der Waals surface area contributed by atoms with Gasteiger partial charge in [-0.15, -0.1) is 0 Å². The zero-order valence-electron chi connectivity index (χ0n) is 2.66. The van der Waals surface area contributed by atoms with Crippen LogP contribution >= 0.6 is 7.82 Å². The molecule has 0 aromatic carbocycles. The fourth-order valence-corrected chi connectivity index (χ4v) is 1.02. The van der Waals surface area contributed by atoms with Gasteiger partial charge < -0.3 is 0 Å². The van der Waals surface area contributed by atoms with Crippen LogP contribution in [-0.4, -0.2) is 6.48 Å². The molecule has 0 atom stereocenters. The highest BCUT2D eigenvalue weighted by molar-refractivity contribution is 7.51. The Labute approximate surface area is 33.6 Å². The first-order valence-corrected chi connectivity index (χ1v) is 2.90. The van der Waals surface area contributed by atoms with E-state index in [1.54, 1.807) is 0 Å². The van der Waals surface area contributed by atoms with Crippen molar-refractivity contribution in [1.82, 2.24) is 0 Å². The van der Waals surface area contributed by atoms with Crippen LogP contribution in [0.5, 0.6) is 0 Å². The van der Waals surface area contributed by atoms with Crippen LogP contribution in [-0.2, 0) is 18.1 Å². The van der Waals surface area contributed by atoms with Crippen molar-refractivity contribution in [3.8, 4) is 0 Å². The molecule has 3 aliphatic heterocycles. The molecule has 5 heteroatoms. The minimum absolute atomic E-state index is 0.587. The van der Waals surface area contributed by atoms with Crippen molar-refractivity contribution in [2.45, 2.75) is 6.48 Å². The fourth-order valence-electron chi connectivity index (χ4n) is 0.340. The summed E-state index contributed by atoms with van der Waals surface area (Å²) in [5, 5.41) is 0. The predicted octanol–water partition coefficient (Wildman–Crippen LogP) is 0.455. The zero-order valence-corrected chi connectivity index (χ0v) is 3.55. The molecule has 0 saturated carbocycles. The Morgan fingerprint density at radius 1 is 1.33 bits per heavy atom. The van der Waals surface area contributed by atoms with Crippen molar-refractivity contribution in [2.24, 2.45) is 0 Å². The Morgan fingerprint density at radius 2 is 1.67 bits per heavy atom. The van der Waals surface area contributed by atoms with Crippen molar-refractivity contribution >= 4 is 7.82 Å². The van der Waals surface area contributed by atoms with Gasteiger partial charge in [0.05, 0.1) is 0 Å². The summed E-state index contributed by atoms with van der Waals surface area (Å²) in [7, 11) is -2.82. The minimum atomic E-state index is -2.82. The molecule has 0 N–H and O–H groups in total. The van der Waals surface area contributed by atoms with Crippen LogP contribution in [0.4, 0.5) is 0 Å². The SMILES string of the molecule is O=P12OC(O1)O2. The second-order valence-electron chi connectivity index (χ2n) is 1.05. The van der Waals surface area contributed by atoms with Crippen molar-refractivity contribution in [2.75, 3.05) is 0 Å². The third kappa shape index (κ3) is 0.174. The molecule has 0 aromatic heterocycles. The molecule has 0 aliphatic carbocycles. The average molecular weight is 108 g/mol. The Balaban J connectivity index is 2.39. The number of hydrogen-bond acceptors (Lipinski definition) is 4. The normalized spacial score (nSPS) is 62.3. The van der Waals surface area contributed by atoms with E-state index in [2.05, 4.69) is 13.6 Å². The van der Waals surface area contributed by atoms with Crippen LogP contribution in [0.3, 0.4) is 0 Å². The van der Waals surface area contributed by atoms with Crippen LogP contribution < -0.4 is 0 Å². The van der Waals surface area contributed by atoms with E-state index in [9.17, 15) is 4.57 Å². The van der Waals surface area contributed by atoms with Gasteiger partial charge >= 0.3 is 7.82 Å². The largest absolute Gasteiger partial charge is 0.487 e. The first kappa shape index (κ1) is 3.16. The first-order valence-electron chi connectivity index (χ1n) is 1.44. The Kier molecular flexibility index (Phi) is 0.310. The second-order valence-corrected chi connectivity index (χ2v) is 2.58. The molecule has 0 amide bonds. The van der Waals surface area contributed by atoms with Gasteiger partial charge in [0.1, 0.15) is 0 Å². The Hall–Kier alpha value is 0.110. The quantitative estimate of drug-likeness (QED) is 0.422. The molecule has 3 fully saturated rings. The molecule has 0 spiro atoms. The van der Waals surface area contributed by atoms with E-state index in [0.717, 1.165) is 0 Å². The summed E-state index contributed by atoms with van der Waals surface area (Å²) in [6.45, 7) is -0.587. The van der Waals surface area contributed by atoms with Gasteiger partial charge in [-0.05, 0) is 0 Å². The monoisotopic (exact) mass is 108 g/mol. The maximum atomic E-state index is 10.1. The Morgan fingerprint density at radius 3 is 1.67 bits per heavy atom. The first-order chi connectivity index (χ1) is 2.79. The number of hydrogen-bond donors (Lipinski definition) is 0. The predicted molar refractivity (Wildman–Crippen MR) is 14.6 cm³/mol. The summed E-state index contributed by atoms with van der Waals surface area (Å²) in [5.74, 6) is 0. The van der Waals surface area contributed by atoms with E-state index in [1.165, 1.54) is 0 Å². The third-order valence-electron chi connectivity index (χ3n) is 0.645. The Bertz CT molecular complexity index is 106. The molecule has 3 heterocycles. The smallest absolute Gasteiger partial charge is 0.229 e. The summed E-state index contributed by atoms with van der Waals surface area (Å²) in [6, 6.07) is 0. The van der Waals surface area contributed by atoms with E-state index < -0.39 is 14.3 Å². The van der Waals surface area contributed by atoms with Gasteiger partial charge in [-0.25, -0.2) is 18.1 Å². The molecule has 3 rings (SSSR count). The van der Waals surface area contributed by atoms with Crippen LogP contribution in [0.25, 0.3) is 0 Å². The maximum Gasteiger partial charge on any atom is 0.487 e. The molecule has 0 aromatic rings. The molecular weight excluding hydrogens is 107 g/mol. The van der Waals surface area contributed by atoms with Gasteiger partial charge in [0, 0.05) is 0 Å². The van der Waals surface area contributed by atoms with E-state index in [0.29, 0.717) is 0 Å². The molecule has 4 nitrogen and oxygen atoms in total. The molecule has 34 valence electrons. The third-order valence-corrected chi connectivity index (χ3v) is 1.94. The summed E-state index contributed by atoms with van der Waals surface area (Å²) < 4.78 is 23.0. The summed E-state index contributed by atoms with van der Waals surface area (Å²) in [4.78, 5) is 0. The van der Waals surface area contributed by atoms with Crippen LogP contribution in [0.15, 0.2) is 0 Å². The number of phosphoric acid groups is 1.